The van der Waals surface area contributed by atoms with Crippen LogP contribution in [0.1, 0.15) is 57.1 Å². The van der Waals surface area contributed by atoms with Gasteiger partial charge in [-0.15, -0.1) is 0 Å². The van der Waals surface area contributed by atoms with Crippen LogP contribution in [0.2, 0.25) is 0 Å². The van der Waals surface area contributed by atoms with E-state index in [-0.39, 0.29) is 36.7 Å². The van der Waals surface area contributed by atoms with E-state index in [2.05, 4.69) is 18.9 Å². The van der Waals surface area contributed by atoms with Crippen molar-refractivity contribution >= 4 is 31.9 Å². The third kappa shape index (κ3) is 12.6. The molecule has 234 valence electrons. The quantitative estimate of drug-likeness (QED) is 0.0875. The largest absolute Gasteiger partial charge is 0.493 e. The summed E-state index contributed by atoms with van der Waals surface area (Å²) in [7, 11) is -8.19. The fraction of sp³-hybridized carbons (Fsp3) is 0.462. The minimum atomic E-state index is -4.96. The van der Waals surface area contributed by atoms with Gasteiger partial charge in [-0.1, -0.05) is 31.8 Å². The standard InChI is InChI=1S/C26H32F4N2O8S2/c1-3-5-18-41(33,34)39-31-24(26(28,29)30)20-8-12-22(13-9-20)37-16-7-17-38-23-14-10-21(11-15-23)25(27)32-40-42(35,36)19-6-4-2/h8-15H,3-7,16-19H2,1-2H3/b31-24-,32-25-. The van der Waals surface area contributed by atoms with Crippen LogP contribution in [0, 0.1) is 0 Å². The van der Waals surface area contributed by atoms with Crippen molar-refractivity contribution in [3.63, 3.8) is 0 Å². The first kappa shape index (κ1) is 34.8. The van der Waals surface area contributed by atoms with Gasteiger partial charge in [0.1, 0.15) is 11.5 Å². The van der Waals surface area contributed by atoms with Crippen molar-refractivity contribution in [3.05, 3.63) is 59.7 Å². The maximum absolute atomic E-state index is 14.1. The minimum Gasteiger partial charge on any atom is -0.493 e. The van der Waals surface area contributed by atoms with Crippen molar-refractivity contribution in [3.8, 4) is 11.5 Å². The molecule has 2 rings (SSSR count). The molecule has 42 heavy (non-hydrogen) atoms. The fourth-order valence-electron chi connectivity index (χ4n) is 3.06. The van der Waals surface area contributed by atoms with Crippen LogP contribution in [0.5, 0.6) is 11.5 Å². The monoisotopic (exact) mass is 640 g/mol. The summed E-state index contributed by atoms with van der Waals surface area (Å²) in [4.78, 5) is 0. The number of ether oxygens (including phenoxy) is 2. The molecular formula is C26H32F4N2O8S2. The van der Waals surface area contributed by atoms with E-state index >= 15 is 0 Å². The average molecular weight is 641 g/mol. The van der Waals surface area contributed by atoms with Gasteiger partial charge >= 0.3 is 26.4 Å². The zero-order valence-corrected chi connectivity index (χ0v) is 24.6. The van der Waals surface area contributed by atoms with Crippen LogP contribution < -0.4 is 9.47 Å². The minimum absolute atomic E-state index is 0.0109. The summed E-state index contributed by atoms with van der Waals surface area (Å²) in [6, 6.07) is 10.3. The summed E-state index contributed by atoms with van der Waals surface area (Å²) in [5, 5.41) is 5.90. The van der Waals surface area contributed by atoms with Crippen molar-refractivity contribution < 1.29 is 52.4 Å². The molecule has 0 aliphatic rings. The highest BCUT2D eigenvalue weighted by molar-refractivity contribution is 7.86. The van der Waals surface area contributed by atoms with E-state index in [0.717, 1.165) is 12.1 Å². The lowest BCUT2D eigenvalue weighted by Gasteiger charge is -2.12. The number of oxime groups is 2. The summed E-state index contributed by atoms with van der Waals surface area (Å²) in [5.41, 5.74) is -1.91. The lowest BCUT2D eigenvalue weighted by atomic mass is 10.1. The molecule has 0 atom stereocenters. The van der Waals surface area contributed by atoms with Crippen molar-refractivity contribution in [1.29, 1.82) is 0 Å². The number of unbranched alkanes of at least 4 members (excludes halogenated alkanes) is 2. The smallest absolute Gasteiger partial charge is 0.437 e. The van der Waals surface area contributed by atoms with Gasteiger partial charge in [0.2, 0.25) is 0 Å². The SMILES string of the molecule is CCCCS(=O)(=O)O/N=C(\F)c1ccc(OCCCOc2ccc(/C(=N/OS(=O)(=O)CCCC)C(F)(F)F)cc2)cc1. The van der Waals surface area contributed by atoms with Crippen LogP contribution >= 0.6 is 0 Å². The number of hydrogen-bond donors (Lipinski definition) is 0. The van der Waals surface area contributed by atoms with Gasteiger partial charge in [0.05, 0.1) is 24.7 Å². The van der Waals surface area contributed by atoms with Crippen molar-refractivity contribution in [2.24, 2.45) is 10.3 Å². The van der Waals surface area contributed by atoms with E-state index in [1.165, 1.54) is 36.4 Å². The molecule has 0 heterocycles. The van der Waals surface area contributed by atoms with Crippen molar-refractivity contribution in [2.45, 2.75) is 52.1 Å². The lowest BCUT2D eigenvalue weighted by molar-refractivity contribution is -0.0597. The lowest BCUT2D eigenvalue weighted by Crippen LogP contribution is -2.25. The maximum atomic E-state index is 14.1. The molecule has 0 saturated carbocycles. The summed E-state index contributed by atoms with van der Waals surface area (Å²) >= 11 is 0. The van der Waals surface area contributed by atoms with Gasteiger partial charge in [0.15, 0.2) is 5.71 Å². The second kappa shape index (κ2) is 16.3. The molecule has 0 spiro atoms. The van der Waals surface area contributed by atoms with Gasteiger partial charge in [0, 0.05) is 17.5 Å². The van der Waals surface area contributed by atoms with Crippen LogP contribution in [0.3, 0.4) is 0 Å². The number of hydrogen-bond acceptors (Lipinski definition) is 10. The molecule has 10 nitrogen and oxygen atoms in total. The Bertz CT molecular complexity index is 1400. The molecule has 0 saturated heterocycles. The predicted octanol–water partition coefficient (Wildman–Crippen LogP) is 5.73. The Kier molecular flexibility index (Phi) is 13.5. The number of halogens is 4. The second-order valence-electron chi connectivity index (χ2n) is 8.80. The number of benzene rings is 2. The van der Waals surface area contributed by atoms with Gasteiger partial charge in [0.25, 0.3) is 5.97 Å². The Labute approximate surface area is 242 Å². The Morgan fingerprint density at radius 2 is 1.12 bits per heavy atom. The highest BCUT2D eigenvalue weighted by Crippen LogP contribution is 2.25. The summed E-state index contributed by atoms with van der Waals surface area (Å²) in [6.07, 6.45) is -2.83. The van der Waals surface area contributed by atoms with Gasteiger partial charge < -0.3 is 9.47 Å². The van der Waals surface area contributed by atoms with Gasteiger partial charge in [-0.25, -0.2) is 0 Å². The van der Waals surface area contributed by atoms with E-state index in [4.69, 9.17) is 9.47 Å². The van der Waals surface area contributed by atoms with E-state index in [9.17, 15) is 34.4 Å². The molecule has 0 bridgehead atoms. The highest BCUT2D eigenvalue weighted by atomic mass is 32.2. The second-order valence-corrected chi connectivity index (χ2v) is 12.1. The zero-order chi connectivity index (χ0) is 31.2. The molecule has 16 heteroatoms. The molecule has 0 aliphatic carbocycles. The topological polar surface area (TPSA) is 130 Å². The highest BCUT2D eigenvalue weighted by Gasteiger charge is 2.38. The Morgan fingerprint density at radius 1 is 0.690 bits per heavy atom. The maximum Gasteiger partial charge on any atom is 0.437 e. The molecule has 0 radical (unpaired) electrons. The van der Waals surface area contributed by atoms with E-state index in [1.807, 2.05) is 0 Å². The van der Waals surface area contributed by atoms with Crippen molar-refractivity contribution in [2.75, 3.05) is 24.7 Å². The molecule has 0 amide bonds. The van der Waals surface area contributed by atoms with E-state index in [0.29, 0.717) is 31.4 Å². The molecule has 2 aromatic carbocycles. The summed E-state index contributed by atoms with van der Waals surface area (Å²) in [5.74, 6) is -1.17. The normalized spacial score (nSPS) is 13.1. The molecule has 0 aliphatic heterocycles. The number of alkyl halides is 3. The summed E-state index contributed by atoms with van der Waals surface area (Å²) < 4.78 is 121. The van der Waals surface area contributed by atoms with Crippen LogP contribution in [-0.2, 0) is 28.8 Å². The molecule has 0 fully saturated rings. The third-order valence-corrected chi connectivity index (χ3v) is 7.46. The van der Waals surface area contributed by atoms with Crippen LogP contribution in [0.15, 0.2) is 58.8 Å². The molecule has 0 N–H and O–H groups in total. The van der Waals surface area contributed by atoms with Gasteiger partial charge in [-0.3, -0.25) is 8.57 Å². The fourth-order valence-corrected chi connectivity index (χ4v) is 4.86. The predicted molar refractivity (Wildman–Crippen MR) is 148 cm³/mol. The first-order valence-electron chi connectivity index (χ1n) is 12.9. The number of rotatable bonds is 18. The molecule has 0 unspecified atom stereocenters. The van der Waals surface area contributed by atoms with Crippen LogP contribution in [-0.4, -0.2) is 59.4 Å². The van der Waals surface area contributed by atoms with Crippen LogP contribution in [0.4, 0.5) is 17.6 Å². The Balaban J connectivity index is 1.84. The van der Waals surface area contributed by atoms with Crippen LogP contribution in [0.25, 0.3) is 0 Å². The number of nitrogens with zero attached hydrogens (tertiary/aromatic N) is 2. The zero-order valence-electron chi connectivity index (χ0n) is 23.0. The van der Waals surface area contributed by atoms with E-state index < -0.39 is 49.4 Å². The summed E-state index contributed by atoms with van der Waals surface area (Å²) in [6.45, 7) is 3.88. The first-order valence-corrected chi connectivity index (χ1v) is 16.1. The third-order valence-electron chi connectivity index (χ3n) is 5.28. The van der Waals surface area contributed by atoms with Crippen molar-refractivity contribution in [1.82, 2.24) is 0 Å². The van der Waals surface area contributed by atoms with Gasteiger partial charge in [-0.2, -0.15) is 34.4 Å². The Morgan fingerprint density at radius 3 is 1.55 bits per heavy atom. The molecule has 0 aromatic heterocycles. The molecular weight excluding hydrogens is 608 g/mol. The van der Waals surface area contributed by atoms with Gasteiger partial charge in [-0.05, 0) is 66.5 Å². The Hall–Kier alpha value is -3.40. The average Bonchev–Trinajstić information content (AvgIpc) is 2.94. The molecule has 2 aromatic rings. The van der Waals surface area contributed by atoms with E-state index in [1.54, 1.807) is 13.8 Å². The first-order chi connectivity index (χ1) is 19.8.